The van der Waals surface area contributed by atoms with Crippen molar-refractivity contribution in [3.8, 4) is 28.3 Å². The van der Waals surface area contributed by atoms with Crippen molar-refractivity contribution in [3.05, 3.63) is 91.8 Å². The second-order valence-corrected chi connectivity index (χ2v) is 10.6. The zero-order chi connectivity index (χ0) is 29.8. The number of benzene rings is 2. The predicted octanol–water partition coefficient (Wildman–Crippen LogP) is 4.61. The molecule has 5 rings (SSSR count). The van der Waals surface area contributed by atoms with Crippen molar-refractivity contribution in [1.82, 2.24) is 20.5 Å². The van der Waals surface area contributed by atoms with Crippen LogP contribution >= 0.6 is 23.2 Å². The van der Waals surface area contributed by atoms with E-state index in [4.69, 9.17) is 37.7 Å². The van der Waals surface area contributed by atoms with Crippen molar-refractivity contribution in [3.63, 3.8) is 0 Å². The summed E-state index contributed by atoms with van der Waals surface area (Å²) in [7, 11) is 1.56. The third kappa shape index (κ3) is 6.33. The number of aromatic amines is 1. The molecule has 218 valence electrons. The van der Waals surface area contributed by atoms with Crippen LogP contribution in [-0.4, -0.2) is 58.7 Å². The second-order valence-electron chi connectivity index (χ2n) is 9.82. The summed E-state index contributed by atoms with van der Waals surface area (Å²) in [6.07, 6.45) is 0.156. The van der Waals surface area contributed by atoms with E-state index < -0.39 is 17.6 Å². The summed E-state index contributed by atoms with van der Waals surface area (Å²) >= 11 is 12.8. The van der Waals surface area contributed by atoms with Crippen LogP contribution in [0.5, 0.6) is 5.88 Å². The molecule has 1 aliphatic heterocycles. The van der Waals surface area contributed by atoms with Crippen LogP contribution in [0, 0.1) is 6.92 Å². The first kappa shape index (κ1) is 29.7. The molecule has 10 nitrogen and oxygen atoms in total. The Balaban J connectivity index is 1.41. The van der Waals surface area contributed by atoms with Crippen molar-refractivity contribution >= 4 is 34.8 Å². The fraction of sp³-hybridized carbons (Fsp3) is 0.267. The molecule has 1 fully saturated rings. The largest absolute Gasteiger partial charge is 0.481 e. The molecule has 0 bridgehead atoms. The van der Waals surface area contributed by atoms with E-state index >= 15 is 0 Å². The minimum Gasteiger partial charge on any atom is -0.481 e. The van der Waals surface area contributed by atoms with Crippen molar-refractivity contribution in [2.24, 2.45) is 0 Å². The lowest BCUT2D eigenvalue weighted by Crippen LogP contribution is -2.46. The molecule has 2 aromatic carbocycles. The van der Waals surface area contributed by atoms with E-state index in [2.05, 4.69) is 20.8 Å². The summed E-state index contributed by atoms with van der Waals surface area (Å²) in [4.78, 5) is 29.7. The Morgan fingerprint density at radius 1 is 1.14 bits per heavy atom. The predicted molar refractivity (Wildman–Crippen MR) is 161 cm³/mol. The molecule has 0 unspecified atom stereocenters. The minimum absolute atomic E-state index is 0.00137. The average molecular weight is 610 g/mol. The van der Waals surface area contributed by atoms with Gasteiger partial charge in [-0.25, -0.2) is 10.1 Å². The first-order chi connectivity index (χ1) is 20.3. The van der Waals surface area contributed by atoms with Crippen LogP contribution < -0.4 is 20.9 Å². The second kappa shape index (κ2) is 13.0. The van der Waals surface area contributed by atoms with E-state index in [1.807, 2.05) is 43.3 Å². The molecule has 3 heterocycles. The minimum atomic E-state index is -0.646. The zero-order valence-corrected chi connectivity index (χ0v) is 24.4. The molecular formula is C30H29Cl2N5O5. The molecule has 0 aliphatic carbocycles. The number of nitrogens with zero attached hydrogens (tertiary/aromatic N) is 2. The van der Waals surface area contributed by atoms with Crippen molar-refractivity contribution in [2.45, 2.75) is 32.0 Å². The fourth-order valence-corrected chi connectivity index (χ4v) is 5.35. The Labute approximate surface area is 252 Å². The van der Waals surface area contributed by atoms with Gasteiger partial charge in [0.25, 0.3) is 11.5 Å². The highest BCUT2D eigenvalue weighted by Gasteiger charge is 2.24. The van der Waals surface area contributed by atoms with Gasteiger partial charge in [0.15, 0.2) is 0 Å². The number of pyridine rings is 1. The van der Waals surface area contributed by atoms with Crippen LogP contribution in [0.4, 0.5) is 5.69 Å². The molecule has 42 heavy (non-hydrogen) atoms. The van der Waals surface area contributed by atoms with Gasteiger partial charge < -0.3 is 25.2 Å². The van der Waals surface area contributed by atoms with Crippen LogP contribution in [0.3, 0.4) is 0 Å². The molecule has 0 radical (unpaired) electrons. The number of hydrogen-bond acceptors (Lipinski definition) is 8. The standard InChI is InChI=1S/C30H29Cl2N5O5/c1-16-18(5-4-8-22(16)34-28(39)21-13-26(31)36-37-29(21)40)19-6-3-7-20(27(19)32)23-10-9-17(30(35-23)41-2)14-33-24-11-12-42-15-25(24)38/h3-10,13,24-25,33,38H,11-12,14-15H2,1-2H3,(H,34,39)(H,37,40)/t24-,25+/m1/s1. The number of carbonyl (C=O) groups excluding carboxylic acids is 1. The number of aliphatic hydroxyl groups excluding tert-OH is 1. The topological polar surface area (TPSA) is 138 Å². The molecule has 1 aliphatic rings. The summed E-state index contributed by atoms with van der Waals surface area (Å²) < 4.78 is 10.9. The Hall–Kier alpha value is -3.80. The molecule has 12 heteroatoms. The van der Waals surface area contributed by atoms with Gasteiger partial charge in [-0.2, -0.15) is 5.10 Å². The number of hydrogen-bond donors (Lipinski definition) is 4. The third-order valence-electron chi connectivity index (χ3n) is 7.18. The number of amides is 1. The van der Waals surface area contributed by atoms with Gasteiger partial charge in [0.05, 0.1) is 30.5 Å². The van der Waals surface area contributed by atoms with Gasteiger partial charge >= 0.3 is 0 Å². The zero-order valence-electron chi connectivity index (χ0n) is 22.9. The fourth-order valence-electron chi connectivity index (χ4n) is 4.87. The van der Waals surface area contributed by atoms with E-state index in [9.17, 15) is 14.7 Å². The van der Waals surface area contributed by atoms with Gasteiger partial charge in [0, 0.05) is 41.6 Å². The van der Waals surface area contributed by atoms with Crippen LogP contribution in [0.1, 0.15) is 27.9 Å². The van der Waals surface area contributed by atoms with E-state index in [0.717, 1.165) is 28.7 Å². The maximum absolute atomic E-state index is 12.8. The summed E-state index contributed by atoms with van der Waals surface area (Å²) in [5.74, 6) is -0.159. The van der Waals surface area contributed by atoms with E-state index in [-0.39, 0.29) is 16.8 Å². The van der Waals surface area contributed by atoms with Crippen LogP contribution in [-0.2, 0) is 11.3 Å². The van der Waals surface area contributed by atoms with E-state index in [1.54, 1.807) is 19.2 Å². The SMILES string of the molecule is COc1nc(-c2cccc(-c3cccc(NC(=O)c4cc(Cl)n[nH]c4=O)c3C)c2Cl)ccc1CN[C@@H]1CCOC[C@@H]1O. The first-order valence-corrected chi connectivity index (χ1v) is 14.0. The first-order valence-electron chi connectivity index (χ1n) is 13.3. The number of aromatic nitrogens is 3. The molecule has 0 spiro atoms. The number of methoxy groups -OCH3 is 1. The van der Waals surface area contributed by atoms with Crippen molar-refractivity contribution < 1.29 is 19.4 Å². The third-order valence-corrected chi connectivity index (χ3v) is 7.78. The van der Waals surface area contributed by atoms with E-state index in [0.29, 0.717) is 47.6 Å². The molecule has 1 saturated heterocycles. The number of carbonyl (C=O) groups is 1. The molecule has 4 N–H and O–H groups in total. The number of H-pyrrole nitrogens is 1. The Morgan fingerprint density at radius 2 is 1.90 bits per heavy atom. The van der Waals surface area contributed by atoms with Crippen LogP contribution in [0.2, 0.25) is 10.2 Å². The molecule has 0 saturated carbocycles. The molecule has 1 amide bonds. The van der Waals surface area contributed by atoms with Gasteiger partial charge in [0.1, 0.15) is 10.7 Å². The van der Waals surface area contributed by atoms with Gasteiger partial charge in [-0.3, -0.25) is 9.59 Å². The molecule has 2 aromatic heterocycles. The summed E-state index contributed by atoms with van der Waals surface area (Å²) in [6, 6.07) is 16.0. The molecule has 2 atom stereocenters. The number of halogens is 2. The number of rotatable bonds is 8. The van der Waals surface area contributed by atoms with Gasteiger partial charge in [0.2, 0.25) is 5.88 Å². The van der Waals surface area contributed by atoms with Gasteiger partial charge in [-0.15, -0.1) is 0 Å². The Morgan fingerprint density at radius 3 is 2.69 bits per heavy atom. The maximum atomic E-state index is 12.8. The lowest BCUT2D eigenvalue weighted by molar-refractivity contribution is -0.0281. The van der Waals surface area contributed by atoms with Crippen LogP contribution in [0.15, 0.2) is 59.4 Å². The molecular weight excluding hydrogens is 581 g/mol. The number of ether oxygens (including phenoxy) is 2. The number of nitrogens with one attached hydrogen (secondary N) is 3. The van der Waals surface area contributed by atoms with Crippen molar-refractivity contribution in [1.29, 1.82) is 0 Å². The normalized spacial score (nSPS) is 16.7. The Bertz CT molecular complexity index is 1680. The quantitative estimate of drug-likeness (QED) is 0.227. The lowest BCUT2D eigenvalue weighted by atomic mass is 9.96. The molecule has 4 aromatic rings. The Kier molecular flexibility index (Phi) is 9.20. The smallest absolute Gasteiger partial charge is 0.277 e. The van der Waals surface area contributed by atoms with Gasteiger partial charge in [-0.05, 0) is 42.7 Å². The lowest BCUT2D eigenvalue weighted by Gasteiger charge is -2.28. The number of anilines is 1. The summed E-state index contributed by atoms with van der Waals surface area (Å²) in [6.45, 7) is 3.25. The van der Waals surface area contributed by atoms with E-state index in [1.165, 1.54) is 6.07 Å². The highest BCUT2D eigenvalue weighted by Crippen LogP contribution is 2.39. The number of aliphatic hydroxyl groups is 1. The highest BCUT2D eigenvalue weighted by molar-refractivity contribution is 6.36. The maximum Gasteiger partial charge on any atom is 0.277 e. The van der Waals surface area contributed by atoms with Gasteiger partial charge in [-0.1, -0.05) is 59.6 Å². The highest BCUT2D eigenvalue weighted by atomic mass is 35.5. The summed E-state index contributed by atoms with van der Waals surface area (Å²) in [5.41, 5.74) is 4.19. The van der Waals surface area contributed by atoms with Crippen LogP contribution in [0.25, 0.3) is 22.4 Å². The summed E-state index contributed by atoms with van der Waals surface area (Å²) in [5, 5.41) is 22.6. The van der Waals surface area contributed by atoms with Crippen molar-refractivity contribution in [2.75, 3.05) is 25.6 Å². The monoisotopic (exact) mass is 609 g/mol. The average Bonchev–Trinajstić information content (AvgIpc) is 2.99.